The molecule has 0 amide bonds. The van der Waals surface area contributed by atoms with E-state index in [9.17, 15) is 26.5 Å². The summed E-state index contributed by atoms with van der Waals surface area (Å²) in [5.41, 5.74) is -1.25. The maximum Gasteiger partial charge on any atom is 0.465 e. The van der Waals surface area contributed by atoms with Gasteiger partial charge in [-0.1, -0.05) is 6.07 Å². The van der Waals surface area contributed by atoms with Crippen LogP contribution in [0.2, 0.25) is 0 Å². The van der Waals surface area contributed by atoms with Crippen molar-refractivity contribution in [1.82, 2.24) is 4.98 Å². The molecule has 0 aromatic carbocycles. The van der Waals surface area contributed by atoms with Gasteiger partial charge < -0.3 is 4.55 Å². The van der Waals surface area contributed by atoms with Gasteiger partial charge in [0.25, 0.3) is 0 Å². The molecule has 0 spiro atoms. The summed E-state index contributed by atoms with van der Waals surface area (Å²) >= 11 is 0. The van der Waals surface area contributed by atoms with Crippen molar-refractivity contribution in [3.05, 3.63) is 29.6 Å². The molecule has 0 radical (unpaired) electrons. The third-order valence-electron chi connectivity index (χ3n) is 2.67. The normalized spacial score (nSPS) is 16.0. The minimum atomic E-state index is -5.74. The topological polar surface area (TPSA) is 62.8 Å². The van der Waals surface area contributed by atoms with Crippen molar-refractivity contribution in [3.63, 3.8) is 0 Å². The largest absolute Gasteiger partial charge is 0.772 e. The smallest absolute Gasteiger partial charge is 0.465 e. The average molecular weight is 327 g/mol. The van der Waals surface area contributed by atoms with E-state index in [1.54, 1.807) is 6.19 Å². The van der Waals surface area contributed by atoms with Gasteiger partial charge in [-0.25, -0.2) is 0 Å². The van der Waals surface area contributed by atoms with Gasteiger partial charge in [-0.2, -0.15) is 25.9 Å². The standard InChI is InChI=1S/C11H10F5N3OS/c1-7(19(6-17)21(2)20)8-3-4-9(18-5-8)10(12,13)11(14,15)16/h3-5,7H,1-2H3. The predicted molar refractivity (Wildman–Crippen MR) is 62.5 cm³/mol. The zero-order chi connectivity index (χ0) is 16.4. The quantitative estimate of drug-likeness (QED) is 0.371. The van der Waals surface area contributed by atoms with Gasteiger partial charge in [-0.3, -0.25) is 4.98 Å². The summed E-state index contributed by atoms with van der Waals surface area (Å²) in [6.45, 7) is 1.45. The molecule has 2 unspecified atom stereocenters. The van der Waals surface area contributed by atoms with Crippen LogP contribution in [0.4, 0.5) is 22.0 Å². The molecule has 0 saturated carbocycles. The molecule has 0 N–H and O–H groups in total. The number of rotatable bonds is 3. The van der Waals surface area contributed by atoms with Crippen LogP contribution >= 0.6 is 0 Å². The van der Waals surface area contributed by atoms with Gasteiger partial charge in [0, 0.05) is 11.8 Å². The Labute approximate surface area is 119 Å². The Morgan fingerprint density at radius 2 is 1.90 bits per heavy atom. The zero-order valence-corrected chi connectivity index (χ0v) is 11.7. The molecule has 0 aliphatic carbocycles. The van der Waals surface area contributed by atoms with E-state index in [4.69, 9.17) is 5.26 Å². The van der Waals surface area contributed by atoms with Gasteiger partial charge in [-0.05, 0) is 19.2 Å². The highest BCUT2D eigenvalue weighted by Gasteiger charge is 2.59. The maximum absolute atomic E-state index is 13.0. The number of pyridine rings is 1. The van der Waals surface area contributed by atoms with E-state index in [0.29, 0.717) is 6.07 Å². The van der Waals surface area contributed by atoms with Crippen molar-refractivity contribution in [3.8, 4) is 6.19 Å². The van der Waals surface area contributed by atoms with Crippen LogP contribution in [-0.4, -0.2) is 25.9 Å². The van der Waals surface area contributed by atoms with Gasteiger partial charge in [0.1, 0.15) is 11.7 Å². The molecule has 0 aliphatic rings. The van der Waals surface area contributed by atoms with Crippen molar-refractivity contribution >= 4 is 11.0 Å². The number of alkyl halides is 5. The monoisotopic (exact) mass is 327 g/mol. The molecule has 0 bridgehead atoms. The summed E-state index contributed by atoms with van der Waals surface area (Å²) in [4.78, 5) is 3.11. The van der Waals surface area contributed by atoms with Crippen molar-refractivity contribution in [1.29, 1.82) is 5.26 Å². The fraction of sp³-hybridized carbons (Fsp3) is 0.455. The molecule has 0 fully saturated rings. The third kappa shape index (κ3) is 3.54. The lowest BCUT2D eigenvalue weighted by Gasteiger charge is -2.19. The van der Waals surface area contributed by atoms with Crippen molar-refractivity contribution < 1.29 is 30.5 Å². The highest BCUT2D eigenvalue weighted by Crippen LogP contribution is 2.42. The average Bonchev–Trinajstić information content (AvgIpc) is 2.37. The number of hydrogen-bond acceptors (Lipinski definition) is 3. The van der Waals surface area contributed by atoms with Crippen molar-refractivity contribution in [2.24, 2.45) is 0 Å². The first kappa shape index (κ1) is 17.5. The third-order valence-corrected chi connectivity index (χ3v) is 3.63. The van der Waals surface area contributed by atoms with E-state index in [-0.39, 0.29) is 5.56 Å². The summed E-state index contributed by atoms with van der Waals surface area (Å²) in [5.74, 6) is -5.06. The summed E-state index contributed by atoms with van der Waals surface area (Å²) in [5, 5.41) is 8.81. The Bertz CT molecular complexity index is 587. The van der Waals surface area contributed by atoms with Crippen LogP contribution < -0.4 is 0 Å². The van der Waals surface area contributed by atoms with Crippen LogP contribution in [0, 0.1) is 11.5 Å². The van der Waals surface area contributed by atoms with Crippen LogP contribution in [0.25, 0.3) is 0 Å². The van der Waals surface area contributed by atoms with E-state index < -0.39 is 34.8 Å². The first-order chi connectivity index (χ1) is 9.52. The van der Waals surface area contributed by atoms with Gasteiger partial charge in [0.05, 0.1) is 0 Å². The Morgan fingerprint density at radius 3 is 2.24 bits per heavy atom. The molecule has 0 aliphatic heterocycles. The molecule has 4 nitrogen and oxygen atoms in total. The summed E-state index contributed by atoms with van der Waals surface area (Å²) < 4.78 is 74.8. The number of aromatic nitrogens is 1. The summed E-state index contributed by atoms with van der Waals surface area (Å²) in [6, 6.07) is 0.749. The number of nitrogens with zero attached hydrogens (tertiary/aromatic N) is 3. The maximum atomic E-state index is 13.0. The fourth-order valence-corrected chi connectivity index (χ4v) is 2.17. The Morgan fingerprint density at radius 1 is 1.33 bits per heavy atom. The SMILES string of the molecule is CC(c1ccc(C(F)(F)C(F)(F)F)nc1)[N+](C#N)=S(C)[O-]. The van der Waals surface area contributed by atoms with Crippen molar-refractivity contribution in [2.75, 3.05) is 6.26 Å². The molecular weight excluding hydrogens is 317 g/mol. The molecule has 1 rings (SSSR count). The zero-order valence-electron chi connectivity index (χ0n) is 10.9. The van der Waals surface area contributed by atoms with Crippen LogP contribution in [0.3, 0.4) is 0 Å². The van der Waals surface area contributed by atoms with Crippen LogP contribution in [0.15, 0.2) is 18.3 Å². The fourth-order valence-electron chi connectivity index (χ4n) is 1.49. The van der Waals surface area contributed by atoms with Gasteiger partial charge in [0.15, 0.2) is 5.26 Å². The van der Waals surface area contributed by atoms with Crippen LogP contribution in [0.5, 0.6) is 0 Å². The lowest BCUT2D eigenvalue weighted by molar-refractivity contribution is -0.463. The van der Waals surface area contributed by atoms with E-state index in [1.165, 1.54) is 13.2 Å². The Kier molecular flexibility index (Phi) is 5.01. The van der Waals surface area contributed by atoms with Gasteiger partial charge >= 0.3 is 18.3 Å². The first-order valence-electron chi connectivity index (χ1n) is 5.46. The van der Waals surface area contributed by atoms with Crippen molar-refractivity contribution in [2.45, 2.75) is 25.1 Å². The Hall–Kier alpha value is -1.60. The molecule has 116 valence electrons. The highest BCUT2D eigenvalue weighted by molar-refractivity contribution is 7.78. The van der Waals surface area contributed by atoms with E-state index in [0.717, 1.165) is 16.2 Å². The summed E-state index contributed by atoms with van der Waals surface area (Å²) in [7, 11) is -1.65. The second kappa shape index (κ2) is 6.03. The molecular formula is C11H10F5N3OS. The highest BCUT2D eigenvalue weighted by atomic mass is 32.2. The molecule has 21 heavy (non-hydrogen) atoms. The molecule has 0 saturated heterocycles. The lowest BCUT2D eigenvalue weighted by Crippen LogP contribution is -2.34. The van der Waals surface area contributed by atoms with E-state index in [1.807, 2.05) is 0 Å². The Balaban J connectivity index is 3.16. The predicted octanol–water partition coefficient (Wildman–Crippen LogP) is 2.85. The van der Waals surface area contributed by atoms with E-state index in [2.05, 4.69) is 4.98 Å². The summed E-state index contributed by atoms with van der Waals surface area (Å²) in [6.07, 6.45) is -2.06. The molecule has 1 heterocycles. The number of hydrogen-bond donors (Lipinski definition) is 0. The molecule has 10 heteroatoms. The van der Waals surface area contributed by atoms with Crippen LogP contribution in [0.1, 0.15) is 24.2 Å². The molecule has 1 aromatic heterocycles. The van der Waals surface area contributed by atoms with Gasteiger partial charge in [-0.15, -0.1) is 11.0 Å². The number of halogens is 5. The second-order valence-corrected chi connectivity index (χ2v) is 5.32. The van der Waals surface area contributed by atoms with E-state index >= 15 is 0 Å². The minimum Gasteiger partial charge on any atom is -0.772 e. The van der Waals surface area contributed by atoms with Gasteiger partial charge in [0.2, 0.25) is 0 Å². The number of nitriles is 1. The molecule has 1 aromatic rings. The second-order valence-electron chi connectivity index (χ2n) is 4.07. The lowest BCUT2D eigenvalue weighted by atomic mass is 10.1. The minimum absolute atomic E-state index is 0.188. The molecule has 2 atom stereocenters. The first-order valence-corrected chi connectivity index (χ1v) is 6.97. The van der Waals surface area contributed by atoms with Crippen LogP contribution in [-0.2, 0) is 16.9 Å².